The van der Waals surface area contributed by atoms with Crippen LogP contribution in [0.4, 0.5) is 5.69 Å². The Hall–Kier alpha value is -2.98. The number of hydrogen-bond acceptors (Lipinski definition) is 7. The second-order valence-corrected chi connectivity index (χ2v) is 9.71. The maximum absolute atomic E-state index is 13.0. The third-order valence-corrected chi connectivity index (χ3v) is 6.97. The third kappa shape index (κ3) is 5.02. The summed E-state index contributed by atoms with van der Waals surface area (Å²) >= 11 is 0. The molecule has 0 spiro atoms. The number of nitro groups is 1. The molecule has 1 fully saturated rings. The fourth-order valence-corrected chi connectivity index (χ4v) is 5.41. The summed E-state index contributed by atoms with van der Waals surface area (Å²) in [5, 5.41) is 11.2. The van der Waals surface area contributed by atoms with E-state index in [-0.39, 0.29) is 33.8 Å². The van der Waals surface area contributed by atoms with E-state index in [0.29, 0.717) is 13.1 Å². The Labute approximate surface area is 180 Å². The van der Waals surface area contributed by atoms with Gasteiger partial charge in [0.25, 0.3) is 0 Å². The first-order valence-corrected chi connectivity index (χ1v) is 11.2. The minimum atomic E-state index is -3.68. The number of esters is 1. The number of nitrogens with zero attached hydrogens (tertiary/aromatic N) is 2. The lowest BCUT2D eigenvalue weighted by Gasteiger charge is -2.34. The molecule has 2 aromatic carbocycles. The number of nitro benzene ring substituents is 1. The number of carbonyl (C=O) groups is 1. The molecule has 0 saturated carbocycles. The van der Waals surface area contributed by atoms with Gasteiger partial charge in [-0.25, -0.2) is 13.2 Å². The summed E-state index contributed by atoms with van der Waals surface area (Å²) in [7, 11) is -2.31. The number of carbonyl (C=O) groups excluding carboxylic acids is 1. The minimum Gasteiger partial charge on any atom is -0.496 e. The van der Waals surface area contributed by atoms with Crippen molar-refractivity contribution in [1.82, 2.24) is 4.31 Å². The van der Waals surface area contributed by atoms with E-state index in [1.165, 1.54) is 47.8 Å². The van der Waals surface area contributed by atoms with Crippen LogP contribution in [-0.2, 0) is 10.0 Å². The molecule has 0 N–H and O–H groups in total. The normalized spacial score (nSPS) is 19.6. The number of hydrogen-bond donors (Lipinski definition) is 0. The Balaban J connectivity index is 1.79. The lowest BCUT2D eigenvalue weighted by atomic mass is 9.94. The molecule has 31 heavy (non-hydrogen) atoms. The Morgan fingerprint density at radius 3 is 2.26 bits per heavy atom. The van der Waals surface area contributed by atoms with Crippen molar-refractivity contribution in [1.29, 1.82) is 0 Å². The van der Waals surface area contributed by atoms with E-state index in [1.807, 2.05) is 13.8 Å². The van der Waals surface area contributed by atoms with Crippen LogP contribution in [0.25, 0.3) is 0 Å². The first kappa shape index (κ1) is 22.7. The number of rotatable bonds is 6. The van der Waals surface area contributed by atoms with E-state index in [4.69, 9.17) is 9.47 Å². The second kappa shape index (κ2) is 9.03. The zero-order valence-corrected chi connectivity index (χ0v) is 18.3. The molecule has 10 heteroatoms. The van der Waals surface area contributed by atoms with Crippen LogP contribution in [0.5, 0.6) is 11.5 Å². The smallest absolute Gasteiger partial charge is 0.343 e. The predicted molar refractivity (Wildman–Crippen MR) is 113 cm³/mol. The Bertz CT molecular complexity index is 1070. The number of benzene rings is 2. The van der Waals surface area contributed by atoms with Gasteiger partial charge in [-0.3, -0.25) is 10.1 Å². The molecule has 0 radical (unpaired) electrons. The molecule has 2 unspecified atom stereocenters. The van der Waals surface area contributed by atoms with Gasteiger partial charge in [-0.1, -0.05) is 13.8 Å². The van der Waals surface area contributed by atoms with Crippen molar-refractivity contribution in [2.45, 2.75) is 25.2 Å². The second-order valence-electron chi connectivity index (χ2n) is 7.77. The van der Waals surface area contributed by atoms with Gasteiger partial charge in [-0.15, -0.1) is 0 Å². The third-order valence-electron chi connectivity index (χ3n) is 5.13. The van der Waals surface area contributed by atoms with Gasteiger partial charge in [-0.2, -0.15) is 4.31 Å². The SMILES string of the molecule is COc1ccc(OC(=O)c2ccc(S(=O)(=O)N3CC(C)CC(C)C3)cc2)c([N+](=O)[O-])c1. The van der Waals surface area contributed by atoms with Gasteiger partial charge < -0.3 is 9.47 Å². The molecule has 3 rings (SSSR count). The predicted octanol–water partition coefficient (Wildman–Crippen LogP) is 3.49. The lowest BCUT2D eigenvalue weighted by molar-refractivity contribution is -0.385. The number of ether oxygens (including phenoxy) is 2. The Morgan fingerprint density at radius 1 is 1.10 bits per heavy atom. The zero-order valence-electron chi connectivity index (χ0n) is 17.5. The van der Waals surface area contributed by atoms with Crippen LogP contribution in [0.2, 0.25) is 0 Å². The molecule has 2 atom stereocenters. The molecule has 0 amide bonds. The number of sulfonamides is 1. The number of methoxy groups -OCH3 is 1. The summed E-state index contributed by atoms with van der Waals surface area (Å²) in [6.07, 6.45) is 0.980. The summed E-state index contributed by atoms with van der Waals surface area (Å²) in [5.41, 5.74) is -0.343. The largest absolute Gasteiger partial charge is 0.496 e. The molecule has 1 heterocycles. The molecule has 1 aliphatic heterocycles. The van der Waals surface area contributed by atoms with E-state index in [9.17, 15) is 23.3 Å². The van der Waals surface area contributed by atoms with Crippen LogP contribution < -0.4 is 9.47 Å². The van der Waals surface area contributed by atoms with Crippen LogP contribution in [0, 0.1) is 22.0 Å². The summed E-state index contributed by atoms with van der Waals surface area (Å²) in [4.78, 5) is 23.1. The summed E-state index contributed by atoms with van der Waals surface area (Å²) in [5.74, 6) is -0.273. The van der Waals surface area contributed by atoms with Gasteiger partial charge in [-0.05, 0) is 54.7 Å². The van der Waals surface area contributed by atoms with Crippen molar-refractivity contribution in [3.05, 3.63) is 58.1 Å². The first-order chi connectivity index (χ1) is 14.6. The monoisotopic (exact) mass is 448 g/mol. The topological polar surface area (TPSA) is 116 Å². The molecule has 0 aromatic heterocycles. The maximum Gasteiger partial charge on any atom is 0.343 e. The van der Waals surface area contributed by atoms with Crippen molar-refractivity contribution in [3.8, 4) is 11.5 Å². The number of piperidine rings is 1. The van der Waals surface area contributed by atoms with Gasteiger partial charge in [0.05, 0.1) is 28.6 Å². The molecule has 2 aromatic rings. The average Bonchev–Trinajstić information content (AvgIpc) is 2.73. The standard InChI is InChI=1S/C21H24N2O7S/c1-14-10-15(2)13-22(12-14)31(27,28)18-7-4-16(5-8-18)21(24)30-20-9-6-17(29-3)11-19(20)23(25)26/h4-9,11,14-15H,10,12-13H2,1-3H3. The van der Waals surface area contributed by atoms with E-state index < -0.39 is 26.6 Å². The molecule has 1 aliphatic rings. The van der Waals surface area contributed by atoms with Crippen molar-refractivity contribution >= 4 is 21.7 Å². The highest BCUT2D eigenvalue weighted by atomic mass is 32.2. The summed E-state index contributed by atoms with van der Waals surface area (Å²) < 4.78 is 37.5. The minimum absolute atomic E-state index is 0.0736. The lowest BCUT2D eigenvalue weighted by Crippen LogP contribution is -2.42. The van der Waals surface area contributed by atoms with Gasteiger partial charge in [0, 0.05) is 13.1 Å². The van der Waals surface area contributed by atoms with E-state index >= 15 is 0 Å². The van der Waals surface area contributed by atoms with Crippen molar-refractivity contribution in [2.24, 2.45) is 11.8 Å². The zero-order chi connectivity index (χ0) is 22.8. The van der Waals surface area contributed by atoms with Gasteiger partial charge in [0.1, 0.15) is 5.75 Å². The van der Waals surface area contributed by atoms with Crippen molar-refractivity contribution in [3.63, 3.8) is 0 Å². The van der Waals surface area contributed by atoms with E-state index in [1.54, 1.807) is 0 Å². The van der Waals surface area contributed by atoms with Gasteiger partial charge >= 0.3 is 11.7 Å². The van der Waals surface area contributed by atoms with Crippen molar-refractivity contribution < 1.29 is 27.6 Å². The summed E-state index contributed by atoms with van der Waals surface area (Å²) in [6, 6.07) is 9.22. The van der Waals surface area contributed by atoms with E-state index in [0.717, 1.165) is 12.5 Å². The fourth-order valence-electron chi connectivity index (χ4n) is 3.73. The quantitative estimate of drug-likeness (QED) is 0.287. The highest BCUT2D eigenvalue weighted by Gasteiger charge is 2.31. The first-order valence-electron chi connectivity index (χ1n) is 9.76. The van der Waals surface area contributed by atoms with Crippen LogP contribution in [0.15, 0.2) is 47.4 Å². The molecule has 0 bridgehead atoms. The highest BCUT2D eigenvalue weighted by Crippen LogP contribution is 2.32. The molecule has 0 aliphatic carbocycles. The fraction of sp³-hybridized carbons (Fsp3) is 0.381. The molecule has 9 nitrogen and oxygen atoms in total. The molecule has 166 valence electrons. The summed E-state index contributed by atoms with van der Waals surface area (Å²) in [6.45, 7) is 4.96. The van der Waals surface area contributed by atoms with Gasteiger partial charge in [0.2, 0.25) is 15.8 Å². The molecular weight excluding hydrogens is 424 g/mol. The molecular formula is C21H24N2O7S. The average molecular weight is 448 g/mol. The molecule has 1 saturated heterocycles. The van der Waals surface area contributed by atoms with Crippen molar-refractivity contribution in [2.75, 3.05) is 20.2 Å². The van der Waals surface area contributed by atoms with Gasteiger partial charge in [0.15, 0.2) is 0 Å². The maximum atomic E-state index is 13.0. The van der Waals surface area contributed by atoms with Crippen LogP contribution >= 0.6 is 0 Å². The van der Waals surface area contributed by atoms with Crippen LogP contribution in [-0.4, -0.2) is 43.8 Å². The Kier molecular flexibility index (Phi) is 6.61. The Morgan fingerprint density at radius 2 is 1.71 bits per heavy atom. The van der Waals surface area contributed by atoms with Crippen LogP contribution in [0.1, 0.15) is 30.6 Å². The van der Waals surface area contributed by atoms with Crippen LogP contribution in [0.3, 0.4) is 0 Å². The highest BCUT2D eigenvalue weighted by molar-refractivity contribution is 7.89. The van der Waals surface area contributed by atoms with E-state index in [2.05, 4.69) is 0 Å².